The van der Waals surface area contributed by atoms with Crippen molar-refractivity contribution in [2.45, 2.75) is 31.3 Å². The Hall–Kier alpha value is -0.500. The van der Waals surface area contributed by atoms with Crippen LogP contribution in [0.3, 0.4) is 0 Å². The zero-order valence-corrected chi connectivity index (χ0v) is 13.2. The molecule has 0 fully saturated rings. The molecule has 1 rings (SSSR count). The Labute approximate surface area is 119 Å². The summed E-state index contributed by atoms with van der Waals surface area (Å²) in [6.45, 7) is 5.46. The molecule has 0 aliphatic heterocycles. The normalized spacial score (nSPS) is 11.4. The van der Waals surface area contributed by atoms with Crippen molar-refractivity contribution in [2.24, 2.45) is 0 Å². The number of nitrogens with zero attached hydrogens (tertiary/aromatic N) is 1. The fourth-order valence-electron chi connectivity index (χ4n) is 1.21. The Kier molecular flexibility index (Phi) is 4.65. The van der Waals surface area contributed by atoms with Gasteiger partial charge in [-0.05, 0) is 49.6 Å². The van der Waals surface area contributed by atoms with Crippen LogP contribution in [0.5, 0.6) is 0 Å². The molecule has 1 heterocycles. The number of ether oxygens (including phenoxy) is 1. The van der Waals surface area contributed by atoms with Gasteiger partial charge in [0, 0.05) is 14.7 Å². The van der Waals surface area contributed by atoms with Gasteiger partial charge >= 0.3 is 5.97 Å². The number of rotatable bonds is 2. The molecule has 0 amide bonds. The van der Waals surface area contributed by atoms with Crippen LogP contribution in [0.2, 0.25) is 0 Å². The van der Waals surface area contributed by atoms with Crippen LogP contribution in [-0.4, -0.2) is 22.8 Å². The van der Waals surface area contributed by atoms with E-state index in [-0.39, 0.29) is 5.82 Å². The second-order valence-corrected chi connectivity index (χ2v) is 6.38. The molecule has 0 aliphatic carbocycles. The summed E-state index contributed by atoms with van der Waals surface area (Å²) in [5, 5.41) is 0. The van der Waals surface area contributed by atoms with E-state index < -0.39 is 11.6 Å². The van der Waals surface area contributed by atoms with Gasteiger partial charge in [-0.15, -0.1) is 11.8 Å². The lowest BCUT2D eigenvalue weighted by molar-refractivity contribution is 0.00664. The number of anilines is 1. The minimum atomic E-state index is -0.541. The number of hydrogen-bond acceptors (Lipinski definition) is 5. The highest BCUT2D eigenvalue weighted by molar-refractivity contribution is 14.1. The fraction of sp³-hybridized carbons (Fsp3) is 0.455. The molecule has 6 heteroatoms. The number of aromatic nitrogens is 1. The number of hydrogen-bond donors (Lipinski definition) is 1. The molecule has 1 aromatic rings. The van der Waals surface area contributed by atoms with Gasteiger partial charge in [-0.1, -0.05) is 0 Å². The third kappa shape index (κ3) is 3.74. The molecule has 0 bridgehead atoms. The lowest BCUT2D eigenvalue weighted by Crippen LogP contribution is -2.25. The molecule has 1 aromatic heterocycles. The van der Waals surface area contributed by atoms with Crippen LogP contribution in [0.15, 0.2) is 11.1 Å². The Balaban J connectivity index is 3.21. The highest BCUT2D eigenvalue weighted by Gasteiger charge is 2.24. The van der Waals surface area contributed by atoms with Gasteiger partial charge in [0.1, 0.15) is 17.0 Å². The van der Waals surface area contributed by atoms with Gasteiger partial charge in [-0.2, -0.15) is 0 Å². The van der Waals surface area contributed by atoms with E-state index in [1.165, 1.54) is 11.8 Å². The van der Waals surface area contributed by atoms with Crippen molar-refractivity contribution in [3.63, 3.8) is 0 Å². The van der Waals surface area contributed by atoms with Gasteiger partial charge in [0.15, 0.2) is 0 Å². The second kappa shape index (κ2) is 5.43. The molecule has 94 valence electrons. The number of nitrogen functional groups attached to an aromatic ring is 1. The molecule has 2 N–H and O–H groups in total. The average molecular weight is 366 g/mol. The van der Waals surface area contributed by atoms with Crippen LogP contribution in [0, 0.1) is 3.57 Å². The lowest BCUT2D eigenvalue weighted by Gasteiger charge is -2.21. The number of esters is 1. The molecule has 0 spiro atoms. The summed E-state index contributed by atoms with van der Waals surface area (Å²) >= 11 is 3.59. The molecule has 0 saturated heterocycles. The lowest BCUT2D eigenvalue weighted by atomic mass is 10.2. The maximum atomic E-state index is 12.1. The molecule has 0 saturated carbocycles. The number of nitrogens with two attached hydrogens (primary N) is 1. The van der Waals surface area contributed by atoms with E-state index >= 15 is 0 Å². The highest BCUT2D eigenvalue weighted by Crippen LogP contribution is 2.30. The van der Waals surface area contributed by atoms with Gasteiger partial charge < -0.3 is 10.5 Å². The van der Waals surface area contributed by atoms with E-state index in [9.17, 15) is 4.79 Å². The van der Waals surface area contributed by atoms with Crippen molar-refractivity contribution in [1.29, 1.82) is 0 Å². The smallest absolute Gasteiger partial charge is 0.343 e. The van der Waals surface area contributed by atoms with E-state index in [0.717, 1.165) is 8.47 Å². The Morgan fingerprint density at radius 2 is 2.12 bits per heavy atom. The first kappa shape index (κ1) is 14.6. The molecule has 4 nitrogen and oxygen atoms in total. The van der Waals surface area contributed by atoms with E-state index in [4.69, 9.17) is 10.5 Å². The largest absolute Gasteiger partial charge is 0.456 e. The van der Waals surface area contributed by atoms with Crippen LogP contribution >= 0.6 is 34.4 Å². The summed E-state index contributed by atoms with van der Waals surface area (Å²) in [5.74, 6) is -0.214. The Bertz CT molecular complexity index is 444. The molecule has 0 aromatic carbocycles. The van der Waals surface area contributed by atoms with Crippen molar-refractivity contribution < 1.29 is 9.53 Å². The first-order valence-electron chi connectivity index (χ1n) is 4.97. The summed E-state index contributed by atoms with van der Waals surface area (Å²) in [4.78, 5) is 16.9. The van der Waals surface area contributed by atoms with Gasteiger partial charge in [-0.3, -0.25) is 0 Å². The maximum Gasteiger partial charge on any atom is 0.343 e. The summed E-state index contributed by atoms with van der Waals surface area (Å²) in [6, 6.07) is 0. The second-order valence-electron chi connectivity index (χ2n) is 4.40. The summed E-state index contributed by atoms with van der Waals surface area (Å²) in [7, 11) is 0. The molecule has 0 unspecified atom stereocenters. The first-order chi connectivity index (χ1) is 7.76. The summed E-state index contributed by atoms with van der Waals surface area (Å²) in [6.07, 6.45) is 3.54. The van der Waals surface area contributed by atoms with E-state index in [2.05, 4.69) is 27.6 Å². The minimum Gasteiger partial charge on any atom is -0.456 e. The molecule has 0 atom stereocenters. The van der Waals surface area contributed by atoms with Crippen molar-refractivity contribution in [1.82, 2.24) is 4.98 Å². The topological polar surface area (TPSA) is 65.2 Å². The Morgan fingerprint density at radius 3 is 2.59 bits per heavy atom. The van der Waals surface area contributed by atoms with Crippen molar-refractivity contribution >= 4 is 46.1 Å². The monoisotopic (exact) mass is 366 g/mol. The number of carbonyl (C=O) groups is 1. The van der Waals surface area contributed by atoms with Crippen LogP contribution in [0.4, 0.5) is 5.82 Å². The number of halogens is 1. The van der Waals surface area contributed by atoms with E-state index in [0.29, 0.717) is 5.56 Å². The first-order valence-corrected chi connectivity index (χ1v) is 7.28. The van der Waals surface area contributed by atoms with Gasteiger partial charge in [0.2, 0.25) is 0 Å². The van der Waals surface area contributed by atoms with Crippen molar-refractivity contribution in [2.75, 3.05) is 12.0 Å². The molecular formula is C11H15IN2O2S. The Morgan fingerprint density at radius 1 is 1.53 bits per heavy atom. The molecule has 17 heavy (non-hydrogen) atoms. The average Bonchev–Trinajstić information content (AvgIpc) is 2.18. The third-order valence-electron chi connectivity index (χ3n) is 1.82. The molecule has 0 aliphatic rings. The molecular weight excluding hydrogens is 351 g/mol. The third-order valence-corrected chi connectivity index (χ3v) is 3.84. The molecule has 0 radical (unpaired) electrons. The quantitative estimate of drug-likeness (QED) is 0.495. The highest BCUT2D eigenvalue weighted by atomic mass is 127. The number of carbonyl (C=O) groups excluding carboxylic acids is 1. The van der Waals surface area contributed by atoms with E-state index in [1.807, 2.05) is 27.0 Å². The zero-order valence-electron chi connectivity index (χ0n) is 10.2. The maximum absolute atomic E-state index is 12.1. The summed E-state index contributed by atoms with van der Waals surface area (Å²) < 4.78 is 6.22. The van der Waals surface area contributed by atoms with E-state index in [1.54, 1.807) is 6.20 Å². The van der Waals surface area contributed by atoms with Crippen LogP contribution in [0.1, 0.15) is 31.1 Å². The summed E-state index contributed by atoms with van der Waals surface area (Å²) in [5.41, 5.74) is 5.58. The van der Waals surface area contributed by atoms with Crippen LogP contribution < -0.4 is 5.73 Å². The number of pyridine rings is 1. The van der Waals surface area contributed by atoms with Gasteiger partial charge in [-0.25, -0.2) is 9.78 Å². The fourth-order valence-corrected chi connectivity index (χ4v) is 2.92. The van der Waals surface area contributed by atoms with Gasteiger partial charge in [0.25, 0.3) is 0 Å². The standard InChI is InChI=1S/C11H15IN2O2S/c1-11(2,3)16-10(15)7-8(17-4)6(12)5-14-9(7)13/h5H,1-4H3,(H2,13,14). The predicted octanol–water partition coefficient (Wildman–Crippen LogP) is 2.95. The zero-order chi connectivity index (χ0) is 13.2. The van der Waals surface area contributed by atoms with Crippen LogP contribution in [0.25, 0.3) is 0 Å². The van der Waals surface area contributed by atoms with Crippen LogP contribution in [-0.2, 0) is 4.74 Å². The predicted molar refractivity (Wildman–Crippen MR) is 78.3 cm³/mol. The van der Waals surface area contributed by atoms with Crippen molar-refractivity contribution in [3.05, 3.63) is 15.3 Å². The SMILES string of the molecule is CSc1c(I)cnc(N)c1C(=O)OC(C)(C)C. The minimum absolute atomic E-state index is 0.212. The van der Waals surface area contributed by atoms with Gasteiger partial charge in [0.05, 0.1) is 0 Å². The number of thioether (sulfide) groups is 1. The van der Waals surface area contributed by atoms with Crippen molar-refractivity contribution in [3.8, 4) is 0 Å².